The molecule has 138 valence electrons. The highest BCUT2D eigenvalue weighted by Crippen LogP contribution is 2.46. The summed E-state index contributed by atoms with van der Waals surface area (Å²) in [6, 6.07) is 0. The molecule has 1 saturated carbocycles. The molecule has 0 aromatic heterocycles. The number of fused-ring (bicyclic) bond motifs is 1. The van der Waals surface area contributed by atoms with Gasteiger partial charge in [0.25, 0.3) is 0 Å². The van der Waals surface area contributed by atoms with Crippen molar-refractivity contribution in [3.63, 3.8) is 0 Å². The Labute approximate surface area is 138 Å². The van der Waals surface area contributed by atoms with Crippen molar-refractivity contribution in [2.75, 3.05) is 6.61 Å². The predicted octanol–water partition coefficient (Wildman–Crippen LogP) is -2.58. The molecule has 9 heteroatoms. The molecule has 2 aliphatic heterocycles. The lowest BCUT2D eigenvalue weighted by Gasteiger charge is -2.43. The summed E-state index contributed by atoms with van der Waals surface area (Å²) >= 11 is 0. The van der Waals surface area contributed by atoms with Gasteiger partial charge in [-0.15, -0.1) is 0 Å². The molecule has 10 atom stereocenters. The van der Waals surface area contributed by atoms with Crippen LogP contribution in [0.1, 0.15) is 13.3 Å². The molecule has 0 bridgehead atoms. The highest BCUT2D eigenvalue weighted by molar-refractivity contribution is 5.10. The number of hydrogen-bond acceptors (Lipinski definition) is 9. The normalized spacial score (nSPS) is 54.4. The van der Waals surface area contributed by atoms with Crippen LogP contribution in [0, 0.1) is 11.8 Å². The summed E-state index contributed by atoms with van der Waals surface area (Å²) in [5.74, 6) is -0.992. The molecule has 3 aliphatic rings. The summed E-state index contributed by atoms with van der Waals surface area (Å²) in [6.45, 7) is 0.992. The standard InChI is InChI=1S/C15H24O9/c1-15(21)4-7(17)6-2-3-22-13(9(6)15)24-14-12(20)11(19)10(18)8(5-16)23-14/h2-3,6-14,16-21H,4-5H2,1H3/t6-,7+,8+,9-,10+,11-,12+,13-,14+,15-/m0/s1. The fourth-order valence-electron chi connectivity index (χ4n) is 3.80. The van der Waals surface area contributed by atoms with E-state index in [4.69, 9.17) is 14.2 Å². The van der Waals surface area contributed by atoms with Crippen LogP contribution in [-0.4, -0.2) is 85.9 Å². The third-order valence-electron chi connectivity index (χ3n) is 5.12. The van der Waals surface area contributed by atoms with Crippen LogP contribution >= 0.6 is 0 Å². The van der Waals surface area contributed by atoms with Gasteiger partial charge in [0.1, 0.15) is 24.4 Å². The third kappa shape index (κ3) is 2.95. The molecule has 0 aromatic rings. The third-order valence-corrected chi connectivity index (χ3v) is 5.12. The number of rotatable bonds is 3. The van der Waals surface area contributed by atoms with E-state index in [1.54, 1.807) is 13.0 Å². The van der Waals surface area contributed by atoms with Crippen molar-refractivity contribution in [3.8, 4) is 0 Å². The first-order chi connectivity index (χ1) is 11.3. The topological polar surface area (TPSA) is 149 Å². The summed E-state index contributed by atoms with van der Waals surface area (Å²) in [7, 11) is 0. The molecule has 0 aromatic carbocycles. The molecule has 6 N–H and O–H groups in total. The molecule has 0 unspecified atom stereocenters. The van der Waals surface area contributed by atoms with Crippen molar-refractivity contribution in [2.24, 2.45) is 11.8 Å². The molecule has 2 heterocycles. The first-order valence-corrected chi connectivity index (χ1v) is 7.95. The van der Waals surface area contributed by atoms with E-state index in [0.717, 1.165) is 0 Å². The van der Waals surface area contributed by atoms with Gasteiger partial charge in [-0.05, 0) is 13.0 Å². The fraction of sp³-hybridized carbons (Fsp3) is 0.867. The fourth-order valence-corrected chi connectivity index (χ4v) is 3.80. The molecule has 1 aliphatic carbocycles. The molecule has 24 heavy (non-hydrogen) atoms. The zero-order chi connectivity index (χ0) is 17.6. The van der Waals surface area contributed by atoms with Crippen LogP contribution < -0.4 is 0 Å². The van der Waals surface area contributed by atoms with Crippen LogP contribution in [0.2, 0.25) is 0 Å². The lowest BCUT2D eigenvalue weighted by molar-refractivity contribution is -0.346. The lowest BCUT2D eigenvalue weighted by Crippen LogP contribution is -2.60. The number of ether oxygens (including phenoxy) is 3. The van der Waals surface area contributed by atoms with Crippen molar-refractivity contribution in [1.82, 2.24) is 0 Å². The van der Waals surface area contributed by atoms with Crippen molar-refractivity contribution in [1.29, 1.82) is 0 Å². The van der Waals surface area contributed by atoms with Gasteiger partial charge in [-0.1, -0.05) is 0 Å². The van der Waals surface area contributed by atoms with Gasteiger partial charge >= 0.3 is 0 Å². The predicted molar refractivity (Wildman–Crippen MR) is 77.1 cm³/mol. The van der Waals surface area contributed by atoms with Crippen LogP contribution in [-0.2, 0) is 14.2 Å². The maximum atomic E-state index is 10.5. The van der Waals surface area contributed by atoms with Crippen LogP contribution in [0.15, 0.2) is 12.3 Å². The van der Waals surface area contributed by atoms with Crippen molar-refractivity contribution < 1.29 is 44.8 Å². The smallest absolute Gasteiger partial charge is 0.207 e. The second kappa shape index (κ2) is 6.50. The van der Waals surface area contributed by atoms with Gasteiger partial charge in [0.05, 0.1) is 30.5 Å². The Morgan fingerprint density at radius 3 is 2.50 bits per heavy atom. The Morgan fingerprint density at radius 1 is 1.12 bits per heavy atom. The molecule has 0 amide bonds. The van der Waals surface area contributed by atoms with Crippen LogP contribution in [0.3, 0.4) is 0 Å². The maximum absolute atomic E-state index is 10.5. The lowest BCUT2D eigenvalue weighted by atomic mass is 9.85. The highest BCUT2D eigenvalue weighted by Gasteiger charge is 2.56. The Hall–Kier alpha value is -0.780. The number of aliphatic hydroxyl groups is 6. The summed E-state index contributed by atoms with van der Waals surface area (Å²) in [5.41, 5.74) is -1.26. The van der Waals surface area contributed by atoms with E-state index in [1.807, 2.05) is 0 Å². The van der Waals surface area contributed by atoms with E-state index in [0.29, 0.717) is 0 Å². The number of aliphatic hydroxyl groups excluding tert-OH is 5. The van der Waals surface area contributed by atoms with E-state index in [2.05, 4.69) is 0 Å². The van der Waals surface area contributed by atoms with Gasteiger partial charge in [-0.2, -0.15) is 0 Å². The van der Waals surface area contributed by atoms with Gasteiger partial charge in [0, 0.05) is 12.3 Å². The Bertz CT molecular complexity index is 480. The minimum Gasteiger partial charge on any atom is -0.472 e. The first kappa shape index (κ1) is 18.0. The second-order valence-electron chi connectivity index (χ2n) is 6.90. The summed E-state index contributed by atoms with van der Waals surface area (Å²) < 4.78 is 16.3. The van der Waals surface area contributed by atoms with Crippen molar-refractivity contribution in [2.45, 2.75) is 62.0 Å². The molecule has 0 spiro atoms. The average molecular weight is 348 g/mol. The molecule has 1 saturated heterocycles. The van der Waals surface area contributed by atoms with E-state index < -0.39 is 61.2 Å². The average Bonchev–Trinajstić information content (AvgIpc) is 2.78. The molecule has 0 radical (unpaired) electrons. The van der Waals surface area contributed by atoms with Crippen LogP contribution in [0.5, 0.6) is 0 Å². The Morgan fingerprint density at radius 2 is 1.83 bits per heavy atom. The molecule has 9 nitrogen and oxygen atoms in total. The van der Waals surface area contributed by atoms with E-state index in [1.165, 1.54) is 6.26 Å². The quantitative estimate of drug-likeness (QED) is 0.323. The van der Waals surface area contributed by atoms with Gasteiger partial charge in [0.2, 0.25) is 6.29 Å². The van der Waals surface area contributed by atoms with E-state index in [-0.39, 0.29) is 12.3 Å². The van der Waals surface area contributed by atoms with Crippen LogP contribution in [0.25, 0.3) is 0 Å². The van der Waals surface area contributed by atoms with Crippen molar-refractivity contribution in [3.05, 3.63) is 12.3 Å². The largest absolute Gasteiger partial charge is 0.472 e. The summed E-state index contributed by atoms with van der Waals surface area (Å²) in [5, 5.41) is 59.5. The zero-order valence-electron chi connectivity index (χ0n) is 13.2. The summed E-state index contributed by atoms with van der Waals surface area (Å²) in [6.07, 6.45) is -5.74. The Balaban J connectivity index is 1.76. The highest BCUT2D eigenvalue weighted by atomic mass is 16.8. The van der Waals surface area contributed by atoms with Crippen molar-refractivity contribution >= 4 is 0 Å². The van der Waals surface area contributed by atoms with E-state index >= 15 is 0 Å². The van der Waals surface area contributed by atoms with Gasteiger partial charge in [0.15, 0.2) is 6.29 Å². The SMILES string of the molecule is C[C@]1(O)C[C@@H](O)[C@@H]2C=CO[C@@H](O[C@H]3O[C@H](CO)[C@@H](O)[C@H](O)[C@H]3O)[C@H]21. The zero-order valence-corrected chi connectivity index (χ0v) is 13.2. The monoisotopic (exact) mass is 348 g/mol. The van der Waals surface area contributed by atoms with Gasteiger partial charge in [-0.25, -0.2) is 0 Å². The van der Waals surface area contributed by atoms with Gasteiger partial charge in [-0.3, -0.25) is 0 Å². The molecule has 3 rings (SSSR count). The van der Waals surface area contributed by atoms with Crippen LogP contribution in [0.4, 0.5) is 0 Å². The molecular formula is C15H24O9. The Kier molecular flexibility index (Phi) is 4.89. The maximum Gasteiger partial charge on any atom is 0.207 e. The number of hydrogen-bond donors (Lipinski definition) is 6. The molecule has 2 fully saturated rings. The van der Waals surface area contributed by atoms with Gasteiger partial charge < -0.3 is 44.8 Å². The minimum atomic E-state index is -1.56. The first-order valence-electron chi connectivity index (χ1n) is 7.95. The molecular weight excluding hydrogens is 324 g/mol. The minimum absolute atomic E-state index is 0.143. The summed E-state index contributed by atoms with van der Waals surface area (Å²) in [4.78, 5) is 0. The second-order valence-corrected chi connectivity index (χ2v) is 6.90. The van der Waals surface area contributed by atoms with E-state index in [9.17, 15) is 30.6 Å².